The lowest BCUT2D eigenvalue weighted by Crippen LogP contribution is -2.32. The number of anilines is 2. The third-order valence-corrected chi connectivity index (χ3v) is 6.13. The summed E-state index contributed by atoms with van der Waals surface area (Å²) >= 11 is 0. The molecule has 0 atom stereocenters. The third kappa shape index (κ3) is 5.52. The van der Waals surface area contributed by atoms with Crippen molar-refractivity contribution >= 4 is 23.2 Å². The SMILES string of the molecule is O=C(Nc1cccc(NC(=O)C2CCC([N+](=O)[O-])CC2)c1)C1CCC([N+](=O)[O-])CC1. The van der Waals surface area contributed by atoms with Crippen LogP contribution in [0.5, 0.6) is 0 Å². The van der Waals surface area contributed by atoms with Crippen LogP contribution in [0.2, 0.25) is 0 Å². The smallest absolute Gasteiger partial charge is 0.227 e. The number of nitro groups is 2. The molecule has 0 radical (unpaired) electrons. The highest BCUT2D eigenvalue weighted by atomic mass is 16.6. The summed E-state index contributed by atoms with van der Waals surface area (Å²) in [6.07, 6.45) is 3.56. The van der Waals surface area contributed by atoms with Crippen LogP contribution in [0.15, 0.2) is 24.3 Å². The van der Waals surface area contributed by atoms with Gasteiger partial charge in [0.05, 0.1) is 0 Å². The van der Waals surface area contributed by atoms with Crippen LogP contribution in [0.3, 0.4) is 0 Å². The molecule has 1 aromatic rings. The van der Waals surface area contributed by atoms with E-state index in [1.807, 2.05) is 0 Å². The maximum atomic E-state index is 12.5. The summed E-state index contributed by atoms with van der Waals surface area (Å²) in [4.78, 5) is 46.1. The number of carbonyl (C=O) groups is 2. The van der Waals surface area contributed by atoms with Crippen molar-refractivity contribution < 1.29 is 19.4 Å². The molecule has 0 bridgehead atoms. The van der Waals surface area contributed by atoms with Crippen LogP contribution in [0.4, 0.5) is 11.4 Å². The number of hydrogen-bond donors (Lipinski definition) is 2. The Labute approximate surface area is 173 Å². The Kier molecular flexibility index (Phi) is 6.96. The van der Waals surface area contributed by atoms with Crippen LogP contribution >= 0.6 is 0 Å². The maximum absolute atomic E-state index is 12.5. The molecule has 2 aliphatic rings. The minimum Gasteiger partial charge on any atom is -0.326 e. The molecule has 3 rings (SSSR count). The lowest BCUT2D eigenvalue weighted by atomic mass is 9.85. The van der Waals surface area contributed by atoms with Crippen molar-refractivity contribution in [3.63, 3.8) is 0 Å². The Morgan fingerprint density at radius 3 is 1.43 bits per heavy atom. The van der Waals surface area contributed by atoms with Gasteiger partial charge in [-0.1, -0.05) is 6.07 Å². The van der Waals surface area contributed by atoms with Gasteiger partial charge in [-0.3, -0.25) is 29.8 Å². The van der Waals surface area contributed by atoms with E-state index in [0.717, 1.165) is 0 Å². The van der Waals surface area contributed by atoms with E-state index in [0.29, 0.717) is 62.7 Å². The summed E-state index contributed by atoms with van der Waals surface area (Å²) in [5.74, 6) is -0.843. The minimum atomic E-state index is -0.562. The Bertz CT molecular complexity index is 750. The predicted molar refractivity (Wildman–Crippen MR) is 109 cm³/mol. The van der Waals surface area contributed by atoms with Gasteiger partial charge in [0.15, 0.2) is 0 Å². The van der Waals surface area contributed by atoms with Gasteiger partial charge in [-0.25, -0.2) is 0 Å². The van der Waals surface area contributed by atoms with Gasteiger partial charge < -0.3 is 10.6 Å². The largest absolute Gasteiger partial charge is 0.326 e. The first-order valence-corrected chi connectivity index (χ1v) is 10.3. The normalized spacial score (nSPS) is 26.4. The van der Waals surface area contributed by atoms with Crippen LogP contribution in [0.1, 0.15) is 51.4 Å². The van der Waals surface area contributed by atoms with Gasteiger partial charge in [-0.05, 0) is 43.9 Å². The van der Waals surface area contributed by atoms with E-state index in [-0.39, 0.29) is 33.5 Å². The fourth-order valence-electron chi connectivity index (χ4n) is 4.26. The Balaban J connectivity index is 1.51. The summed E-state index contributed by atoms with van der Waals surface area (Å²) < 4.78 is 0. The van der Waals surface area contributed by atoms with Crippen molar-refractivity contribution in [2.45, 2.75) is 63.5 Å². The van der Waals surface area contributed by atoms with Gasteiger partial charge >= 0.3 is 0 Å². The molecule has 2 saturated carbocycles. The van der Waals surface area contributed by atoms with E-state index in [9.17, 15) is 29.8 Å². The molecule has 2 amide bonds. The van der Waals surface area contributed by atoms with Gasteiger partial charge in [0.25, 0.3) is 0 Å². The quantitative estimate of drug-likeness (QED) is 0.536. The van der Waals surface area contributed by atoms with Crippen LogP contribution in [-0.4, -0.2) is 33.7 Å². The molecule has 30 heavy (non-hydrogen) atoms. The summed E-state index contributed by atoms with van der Waals surface area (Å²) in [5.41, 5.74) is 1.09. The second kappa shape index (κ2) is 9.64. The van der Waals surface area contributed by atoms with Crippen molar-refractivity contribution in [1.29, 1.82) is 0 Å². The zero-order valence-corrected chi connectivity index (χ0v) is 16.6. The van der Waals surface area contributed by atoms with Gasteiger partial charge in [0.1, 0.15) is 0 Å². The molecule has 0 aromatic heterocycles. The first-order chi connectivity index (χ1) is 14.3. The standard InChI is InChI=1S/C20H26N4O6/c25-19(13-4-8-17(9-5-13)23(27)28)21-15-2-1-3-16(12-15)22-20(26)14-6-10-18(11-7-14)24(29)30/h1-3,12-14,17-18H,4-11H2,(H,21,25)(H,22,26). The lowest BCUT2D eigenvalue weighted by Gasteiger charge is -2.24. The summed E-state index contributed by atoms with van der Waals surface area (Å²) in [5, 5.41) is 27.4. The van der Waals surface area contributed by atoms with E-state index in [4.69, 9.17) is 0 Å². The molecule has 0 spiro atoms. The number of amides is 2. The third-order valence-electron chi connectivity index (χ3n) is 6.13. The van der Waals surface area contributed by atoms with E-state index in [2.05, 4.69) is 10.6 Å². The van der Waals surface area contributed by atoms with Crippen LogP contribution in [0.25, 0.3) is 0 Å². The number of rotatable bonds is 6. The van der Waals surface area contributed by atoms with Crippen LogP contribution in [0, 0.1) is 32.1 Å². The molecule has 0 unspecified atom stereocenters. The monoisotopic (exact) mass is 418 g/mol. The molecule has 10 nitrogen and oxygen atoms in total. The highest BCUT2D eigenvalue weighted by Crippen LogP contribution is 2.29. The number of nitrogens with zero attached hydrogens (tertiary/aromatic N) is 2. The first kappa shape index (κ1) is 21.7. The van der Waals surface area contributed by atoms with E-state index in [1.54, 1.807) is 24.3 Å². The minimum absolute atomic E-state index is 0.168. The second-order valence-electron chi connectivity index (χ2n) is 8.14. The first-order valence-electron chi connectivity index (χ1n) is 10.3. The molecule has 0 heterocycles. The summed E-state index contributed by atoms with van der Waals surface area (Å²) in [6.45, 7) is 0. The second-order valence-corrected chi connectivity index (χ2v) is 8.14. The van der Waals surface area contributed by atoms with Gasteiger partial charge in [0, 0.05) is 58.7 Å². The number of benzene rings is 1. The number of hydrogen-bond acceptors (Lipinski definition) is 6. The predicted octanol–water partition coefficient (Wildman–Crippen LogP) is 3.23. The molecule has 2 aliphatic carbocycles. The van der Waals surface area contributed by atoms with Gasteiger partial charge in [-0.2, -0.15) is 0 Å². The Morgan fingerprint density at radius 1 is 0.733 bits per heavy atom. The maximum Gasteiger partial charge on any atom is 0.227 e. The van der Waals surface area contributed by atoms with Crippen LogP contribution < -0.4 is 10.6 Å². The van der Waals surface area contributed by atoms with E-state index in [1.165, 1.54) is 0 Å². The highest BCUT2D eigenvalue weighted by Gasteiger charge is 2.33. The van der Waals surface area contributed by atoms with Crippen molar-refractivity contribution in [2.75, 3.05) is 10.6 Å². The van der Waals surface area contributed by atoms with Crippen molar-refractivity contribution in [3.05, 3.63) is 44.5 Å². The van der Waals surface area contributed by atoms with E-state index >= 15 is 0 Å². The van der Waals surface area contributed by atoms with Crippen molar-refractivity contribution in [1.82, 2.24) is 0 Å². The topological polar surface area (TPSA) is 144 Å². The molecule has 2 fully saturated rings. The Hall–Kier alpha value is -3.04. The molecular weight excluding hydrogens is 392 g/mol. The average Bonchev–Trinajstić information content (AvgIpc) is 2.74. The van der Waals surface area contributed by atoms with Crippen LogP contribution in [-0.2, 0) is 9.59 Å². The van der Waals surface area contributed by atoms with Gasteiger partial charge in [-0.15, -0.1) is 0 Å². The molecule has 162 valence electrons. The molecular formula is C20H26N4O6. The number of nitrogens with one attached hydrogen (secondary N) is 2. The van der Waals surface area contributed by atoms with Crippen molar-refractivity contribution in [3.8, 4) is 0 Å². The number of carbonyl (C=O) groups excluding carboxylic acids is 2. The highest BCUT2D eigenvalue weighted by molar-refractivity contribution is 5.95. The fraction of sp³-hybridized carbons (Fsp3) is 0.600. The molecule has 0 saturated heterocycles. The molecule has 1 aromatic carbocycles. The molecule has 10 heteroatoms. The average molecular weight is 418 g/mol. The van der Waals surface area contributed by atoms with Gasteiger partial charge in [0.2, 0.25) is 23.9 Å². The lowest BCUT2D eigenvalue weighted by molar-refractivity contribution is -0.526. The zero-order valence-electron chi connectivity index (χ0n) is 16.6. The molecule has 0 aliphatic heterocycles. The van der Waals surface area contributed by atoms with Crippen molar-refractivity contribution in [2.24, 2.45) is 11.8 Å². The zero-order chi connectivity index (χ0) is 21.7. The molecule has 2 N–H and O–H groups in total. The Morgan fingerprint density at radius 2 is 1.10 bits per heavy atom. The summed E-state index contributed by atoms with van der Waals surface area (Å²) in [7, 11) is 0. The van der Waals surface area contributed by atoms with E-state index < -0.39 is 12.1 Å². The fourth-order valence-corrected chi connectivity index (χ4v) is 4.26. The summed E-state index contributed by atoms with van der Waals surface area (Å²) in [6, 6.07) is 5.71.